The van der Waals surface area contributed by atoms with Crippen molar-refractivity contribution >= 4 is 35.2 Å². The van der Waals surface area contributed by atoms with E-state index in [1.54, 1.807) is 39.8 Å². The molecule has 0 saturated heterocycles. The van der Waals surface area contributed by atoms with Crippen LogP contribution in [-0.2, 0) is 14.9 Å². The van der Waals surface area contributed by atoms with Gasteiger partial charge in [-0.1, -0.05) is 43.1 Å². The first kappa shape index (κ1) is 21.6. The van der Waals surface area contributed by atoms with Crippen molar-refractivity contribution in [1.82, 2.24) is 10.6 Å². The fourth-order valence-electron chi connectivity index (χ4n) is 2.03. The van der Waals surface area contributed by atoms with Gasteiger partial charge in [-0.2, -0.15) is 0 Å². The first-order valence-electron chi connectivity index (χ1n) is 8.04. The number of alkyl carbamates (subject to hydrolysis) is 1. The molecule has 0 aromatic heterocycles. The molecule has 1 rings (SSSR count). The number of nitrogens with one attached hydrogen (secondary N) is 2. The van der Waals surface area contributed by atoms with Crippen molar-refractivity contribution in [1.29, 1.82) is 0 Å². The van der Waals surface area contributed by atoms with Gasteiger partial charge in [0.1, 0.15) is 11.6 Å². The number of benzene rings is 1. The molecule has 0 aliphatic rings. The van der Waals surface area contributed by atoms with Crippen molar-refractivity contribution in [2.24, 2.45) is 0 Å². The molecule has 1 aromatic rings. The molecule has 0 spiro atoms. The number of hydrogen-bond donors (Lipinski definition) is 2. The third kappa shape index (κ3) is 7.12. The van der Waals surface area contributed by atoms with Crippen LogP contribution in [0.4, 0.5) is 4.79 Å². The molecule has 2 amide bonds. The van der Waals surface area contributed by atoms with Gasteiger partial charge in [-0.05, 0) is 45.4 Å². The van der Waals surface area contributed by atoms with Gasteiger partial charge in [0, 0.05) is 12.0 Å². The van der Waals surface area contributed by atoms with Crippen molar-refractivity contribution < 1.29 is 14.3 Å². The lowest BCUT2D eigenvalue weighted by molar-refractivity contribution is -0.123. The summed E-state index contributed by atoms with van der Waals surface area (Å²) in [7, 11) is 0. The summed E-state index contributed by atoms with van der Waals surface area (Å²) in [4.78, 5) is 23.9. The van der Waals surface area contributed by atoms with Crippen LogP contribution in [0.1, 0.15) is 47.1 Å². The number of carbonyl (C=O) groups excluding carboxylic acids is 2. The molecular weight excluding hydrogens is 363 g/mol. The Hall–Kier alpha value is -1.46. The molecule has 0 radical (unpaired) electrons. The highest BCUT2D eigenvalue weighted by atomic mass is 35.5. The van der Waals surface area contributed by atoms with Crippen LogP contribution in [0.5, 0.6) is 0 Å². The maximum absolute atomic E-state index is 12.2. The Bertz CT molecular complexity index is 640. The van der Waals surface area contributed by atoms with Crippen molar-refractivity contribution in [2.75, 3.05) is 6.54 Å². The maximum Gasteiger partial charge on any atom is 0.408 e. The van der Waals surface area contributed by atoms with Crippen LogP contribution in [0.15, 0.2) is 18.2 Å². The number of halogens is 2. The Morgan fingerprint density at radius 3 is 2.24 bits per heavy atom. The lowest BCUT2D eigenvalue weighted by Gasteiger charge is -2.27. The summed E-state index contributed by atoms with van der Waals surface area (Å²) in [6, 6.07) is 4.69. The van der Waals surface area contributed by atoms with Crippen LogP contribution in [-0.4, -0.2) is 30.2 Å². The van der Waals surface area contributed by atoms with Gasteiger partial charge in [-0.3, -0.25) is 4.79 Å². The SMILES string of the molecule is C[C@@H](NC(=O)OC(C)(C)C)C(=O)NCC(C)(C)c1ccc(Cl)c(Cl)c1. The molecule has 2 N–H and O–H groups in total. The Labute approximate surface area is 159 Å². The van der Waals surface area contributed by atoms with Crippen LogP contribution in [0.25, 0.3) is 0 Å². The van der Waals surface area contributed by atoms with Crippen molar-refractivity contribution in [3.05, 3.63) is 33.8 Å². The normalized spacial score (nSPS) is 13.1. The molecule has 0 unspecified atom stereocenters. The molecule has 0 saturated carbocycles. The van der Waals surface area contributed by atoms with Gasteiger partial charge in [0.05, 0.1) is 10.0 Å². The molecule has 7 heteroatoms. The van der Waals surface area contributed by atoms with Crippen molar-refractivity contribution in [3.63, 3.8) is 0 Å². The van der Waals surface area contributed by atoms with E-state index in [2.05, 4.69) is 10.6 Å². The second-order valence-corrected chi connectivity index (χ2v) is 8.41. The number of carbonyl (C=O) groups is 2. The molecule has 1 atom stereocenters. The number of rotatable bonds is 5. The van der Waals surface area contributed by atoms with Crippen LogP contribution >= 0.6 is 23.2 Å². The second kappa shape index (κ2) is 8.28. The molecule has 0 fully saturated rings. The van der Waals surface area contributed by atoms with Crippen molar-refractivity contribution in [2.45, 2.75) is 58.6 Å². The third-order valence-corrected chi connectivity index (χ3v) is 4.27. The molecule has 1 aromatic carbocycles. The summed E-state index contributed by atoms with van der Waals surface area (Å²) in [5, 5.41) is 6.31. The summed E-state index contributed by atoms with van der Waals surface area (Å²) in [5.41, 5.74) is -0.0130. The topological polar surface area (TPSA) is 67.4 Å². The van der Waals surface area contributed by atoms with Gasteiger partial charge in [-0.25, -0.2) is 4.79 Å². The molecular formula is C18H26Cl2N2O3. The summed E-state index contributed by atoms with van der Waals surface area (Å²) in [6.45, 7) is 11.2. The van der Waals surface area contributed by atoms with Gasteiger partial charge < -0.3 is 15.4 Å². The van der Waals surface area contributed by atoms with Crippen LogP contribution in [0, 0.1) is 0 Å². The fraction of sp³-hybridized carbons (Fsp3) is 0.556. The van der Waals surface area contributed by atoms with E-state index < -0.39 is 17.7 Å². The second-order valence-electron chi connectivity index (χ2n) is 7.60. The standard InChI is InChI=1S/C18H26Cl2N2O3/c1-11(22-16(24)25-17(2,3)4)15(23)21-10-18(5,6)12-7-8-13(19)14(20)9-12/h7-9,11H,10H2,1-6H3,(H,21,23)(H,22,24)/t11-/m1/s1. The highest BCUT2D eigenvalue weighted by molar-refractivity contribution is 6.42. The van der Waals surface area contributed by atoms with E-state index in [0.29, 0.717) is 16.6 Å². The van der Waals surface area contributed by atoms with Crippen LogP contribution < -0.4 is 10.6 Å². The monoisotopic (exact) mass is 388 g/mol. The summed E-state index contributed by atoms with van der Waals surface area (Å²) in [6.07, 6.45) is -0.626. The predicted molar refractivity (Wildman–Crippen MR) is 101 cm³/mol. The van der Waals surface area contributed by atoms with E-state index in [4.69, 9.17) is 27.9 Å². The minimum Gasteiger partial charge on any atom is -0.444 e. The highest BCUT2D eigenvalue weighted by Crippen LogP contribution is 2.29. The smallest absolute Gasteiger partial charge is 0.408 e. The van der Waals surface area contributed by atoms with Gasteiger partial charge in [-0.15, -0.1) is 0 Å². The minimum absolute atomic E-state index is 0.293. The molecule has 0 bridgehead atoms. The Kier molecular flexibility index (Phi) is 7.15. The maximum atomic E-state index is 12.2. The third-order valence-electron chi connectivity index (χ3n) is 3.53. The quantitative estimate of drug-likeness (QED) is 0.789. The van der Waals surface area contributed by atoms with E-state index in [1.165, 1.54) is 0 Å². The molecule has 25 heavy (non-hydrogen) atoms. The zero-order valence-electron chi connectivity index (χ0n) is 15.5. The Balaban J connectivity index is 2.61. The van der Waals surface area contributed by atoms with E-state index in [-0.39, 0.29) is 11.3 Å². The van der Waals surface area contributed by atoms with Crippen molar-refractivity contribution in [3.8, 4) is 0 Å². The van der Waals surface area contributed by atoms with E-state index in [9.17, 15) is 9.59 Å². The zero-order valence-corrected chi connectivity index (χ0v) is 17.0. The first-order valence-corrected chi connectivity index (χ1v) is 8.80. The molecule has 5 nitrogen and oxygen atoms in total. The minimum atomic E-state index is -0.709. The predicted octanol–water partition coefficient (Wildman–Crippen LogP) is 4.30. The molecule has 140 valence electrons. The highest BCUT2D eigenvalue weighted by Gasteiger charge is 2.25. The van der Waals surface area contributed by atoms with Gasteiger partial charge >= 0.3 is 6.09 Å². The Morgan fingerprint density at radius 1 is 1.12 bits per heavy atom. The number of hydrogen-bond acceptors (Lipinski definition) is 3. The largest absolute Gasteiger partial charge is 0.444 e. The van der Waals surface area contributed by atoms with Gasteiger partial charge in [0.25, 0.3) is 0 Å². The van der Waals surface area contributed by atoms with Crippen LogP contribution in [0.2, 0.25) is 10.0 Å². The van der Waals surface area contributed by atoms with E-state index in [1.807, 2.05) is 19.9 Å². The summed E-state index contributed by atoms with van der Waals surface area (Å²) in [5.74, 6) is -0.293. The molecule has 0 aliphatic heterocycles. The number of amides is 2. The fourth-order valence-corrected chi connectivity index (χ4v) is 2.33. The average molecular weight is 389 g/mol. The number of ether oxygens (including phenoxy) is 1. The zero-order chi connectivity index (χ0) is 19.4. The average Bonchev–Trinajstić information content (AvgIpc) is 2.45. The molecule has 0 heterocycles. The van der Waals surface area contributed by atoms with E-state index in [0.717, 1.165) is 5.56 Å². The first-order chi connectivity index (χ1) is 11.3. The summed E-state index contributed by atoms with van der Waals surface area (Å²) >= 11 is 12.0. The summed E-state index contributed by atoms with van der Waals surface area (Å²) < 4.78 is 5.14. The molecule has 0 aliphatic carbocycles. The Morgan fingerprint density at radius 2 is 1.72 bits per heavy atom. The van der Waals surface area contributed by atoms with E-state index >= 15 is 0 Å². The lowest BCUT2D eigenvalue weighted by Crippen LogP contribution is -2.48. The van der Waals surface area contributed by atoms with Gasteiger partial charge in [0.2, 0.25) is 5.91 Å². The van der Waals surface area contributed by atoms with Crippen LogP contribution in [0.3, 0.4) is 0 Å². The van der Waals surface area contributed by atoms with Gasteiger partial charge in [0.15, 0.2) is 0 Å². The lowest BCUT2D eigenvalue weighted by atomic mass is 9.84.